The minimum atomic E-state index is -3.20. The molecular weight excluding hydrogens is 374 g/mol. The van der Waals surface area contributed by atoms with Gasteiger partial charge in [0.05, 0.1) is 11.4 Å². The van der Waals surface area contributed by atoms with Crippen molar-refractivity contribution in [2.75, 3.05) is 21.9 Å². The number of nitrogens with one attached hydrogen (secondary N) is 1. The first-order chi connectivity index (χ1) is 11.9. The summed E-state index contributed by atoms with van der Waals surface area (Å²) in [6, 6.07) is 13.5. The van der Waals surface area contributed by atoms with Crippen molar-refractivity contribution >= 4 is 39.7 Å². The number of benzene rings is 2. The van der Waals surface area contributed by atoms with Gasteiger partial charge in [-0.15, -0.1) is 12.4 Å². The van der Waals surface area contributed by atoms with E-state index in [4.69, 9.17) is 5.73 Å². The topological polar surface area (TPSA) is 92.5 Å². The highest BCUT2D eigenvalue weighted by molar-refractivity contribution is 7.93. The van der Waals surface area contributed by atoms with Crippen molar-refractivity contribution in [3.8, 4) is 0 Å². The van der Waals surface area contributed by atoms with Crippen LogP contribution < -0.4 is 15.4 Å². The van der Waals surface area contributed by atoms with Crippen molar-refractivity contribution in [3.05, 3.63) is 59.7 Å². The second-order valence-electron chi connectivity index (χ2n) is 6.17. The Bertz CT molecular complexity index is 868. The Hall–Kier alpha value is -2.09. The van der Waals surface area contributed by atoms with E-state index in [9.17, 15) is 13.2 Å². The monoisotopic (exact) mass is 395 g/mol. The van der Waals surface area contributed by atoms with Crippen LogP contribution in [0.5, 0.6) is 0 Å². The third-order valence-electron chi connectivity index (χ3n) is 4.24. The Morgan fingerprint density at radius 1 is 1.12 bits per heavy atom. The molecule has 1 heterocycles. The molecule has 1 fully saturated rings. The van der Waals surface area contributed by atoms with E-state index in [1.165, 1.54) is 4.31 Å². The third kappa shape index (κ3) is 4.35. The Kier molecular flexibility index (Phi) is 6.28. The maximum atomic E-state index is 12.3. The van der Waals surface area contributed by atoms with E-state index < -0.39 is 16.1 Å². The van der Waals surface area contributed by atoms with Crippen molar-refractivity contribution in [1.82, 2.24) is 0 Å². The number of carbonyl (C=O) groups is 1. The highest BCUT2D eigenvalue weighted by atomic mass is 35.5. The normalized spacial score (nSPS) is 16.6. The van der Waals surface area contributed by atoms with Gasteiger partial charge in [-0.05, 0) is 43.2 Å². The lowest BCUT2D eigenvalue weighted by atomic mass is 10.1. The van der Waals surface area contributed by atoms with Crippen LogP contribution in [0.3, 0.4) is 0 Å². The van der Waals surface area contributed by atoms with Gasteiger partial charge in [-0.1, -0.05) is 29.8 Å². The van der Waals surface area contributed by atoms with Gasteiger partial charge in [0.25, 0.3) is 0 Å². The molecule has 0 aliphatic carbocycles. The van der Waals surface area contributed by atoms with Gasteiger partial charge in [-0.25, -0.2) is 8.42 Å². The largest absolute Gasteiger partial charge is 0.324 e. The van der Waals surface area contributed by atoms with Crippen molar-refractivity contribution < 1.29 is 13.2 Å². The standard InChI is InChI=1S/C18H21N3O3S.ClH/c1-13-3-5-14(6-4-13)17(19)18(22)20-15-7-9-16(10-8-15)21-11-2-12-25(21,23)24;/h3-10,17H,2,11-12,19H2,1H3,(H,20,22);1H. The zero-order chi connectivity index (χ0) is 18.0. The van der Waals surface area contributed by atoms with Crippen LogP contribution in [0.15, 0.2) is 48.5 Å². The summed E-state index contributed by atoms with van der Waals surface area (Å²) in [4.78, 5) is 12.3. The number of halogens is 1. The van der Waals surface area contributed by atoms with Crippen LogP contribution in [-0.4, -0.2) is 26.6 Å². The second kappa shape index (κ2) is 8.07. The molecule has 0 bridgehead atoms. The number of sulfonamides is 1. The SMILES string of the molecule is Cc1ccc(C(N)C(=O)Nc2ccc(N3CCCS3(=O)=O)cc2)cc1.Cl. The number of hydrogen-bond donors (Lipinski definition) is 2. The maximum Gasteiger partial charge on any atom is 0.245 e. The van der Waals surface area contributed by atoms with Gasteiger partial charge in [0, 0.05) is 12.2 Å². The second-order valence-corrected chi connectivity index (χ2v) is 8.18. The molecule has 0 saturated carbocycles. The first-order valence-corrected chi connectivity index (χ1v) is 9.71. The highest BCUT2D eigenvalue weighted by Gasteiger charge is 2.28. The van der Waals surface area contributed by atoms with Gasteiger partial charge in [0.2, 0.25) is 15.9 Å². The van der Waals surface area contributed by atoms with Crippen molar-refractivity contribution in [2.24, 2.45) is 5.73 Å². The number of anilines is 2. The number of rotatable bonds is 4. The van der Waals surface area contributed by atoms with Crippen LogP contribution in [-0.2, 0) is 14.8 Å². The lowest BCUT2D eigenvalue weighted by Crippen LogP contribution is -2.28. The predicted octanol–water partition coefficient (Wildman–Crippen LogP) is 2.60. The summed E-state index contributed by atoms with van der Waals surface area (Å²) in [6.45, 7) is 2.46. The highest BCUT2D eigenvalue weighted by Crippen LogP contribution is 2.25. The summed E-state index contributed by atoms with van der Waals surface area (Å²) in [5.41, 5.74) is 9.03. The van der Waals surface area contributed by atoms with E-state index in [0.29, 0.717) is 24.3 Å². The third-order valence-corrected chi connectivity index (χ3v) is 6.11. The Morgan fingerprint density at radius 2 is 1.73 bits per heavy atom. The van der Waals surface area contributed by atoms with Gasteiger partial charge in [-0.2, -0.15) is 0 Å². The molecule has 26 heavy (non-hydrogen) atoms. The van der Waals surface area contributed by atoms with E-state index >= 15 is 0 Å². The summed E-state index contributed by atoms with van der Waals surface area (Å²) in [6.07, 6.45) is 0.631. The number of nitrogens with two attached hydrogens (primary N) is 1. The lowest BCUT2D eigenvalue weighted by molar-refractivity contribution is -0.117. The molecule has 1 amide bonds. The van der Waals surface area contributed by atoms with E-state index in [0.717, 1.165) is 11.1 Å². The molecular formula is C18H22ClN3O3S. The van der Waals surface area contributed by atoms with E-state index in [1.54, 1.807) is 24.3 Å². The minimum absolute atomic E-state index is 0. The molecule has 0 radical (unpaired) electrons. The zero-order valence-electron chi connectivity index (χ0n) is 14.4. The molecule has 8 heteroatoms. The summed E-state index contributed by atoms with van der Waals surface area (Å²) in [5.74, 6) is -0.137. The average Bonchev–Trinajstić information content (AvgIpc) is 2.95. The molecule has 6 nitrogen and oxygen atoms in total. The molecule has 2 aromatic rings. The van der Waals surface area contributed by atoms with Crippen LogP contribution in [0.1, 0.15) is 23.6 Å². The van der Waals surface area contributed by atoms with Gasteiger partial charge in [0.1, 0.15) is 6.04 Å². The molecule has 1 aliphatic heterocycles. The minimum Gasteiger partial charge on any atom is -0.324 e. The molecule has 2 aromatic carbocycles. The smallest absolute Gasteiger partial charge is 0.245 e. The van der Waals surface area contributed by atoms with Gasteiger partial charge < -0.3 is 11.1 Å². The van der Waals surface area contributed by atoms with Crippen LogP contribution in [0.4, 0.5) is 11.4 Å². The van der Waals surface area contributed by atoms with E-state index in [1.807, 2.05) is 31.2 Å². The van der Waals surface area contributed by atoms with Crippen LogP contribution >= 0.6 is 12.4 Å². The average molecular weight is 396 g/mol. The van der Waals surface area contributed by atoms with Gasteiger partial charge in [0.15, 0.2) is 0 Å². The maximum absolute atomic E-state index is 12.3. The first-order valence-electron chi connectivity index (χ1n) is 8.10. The summed E-state index contributed by atoms with van der Waals surface area (Å²) < 4.78 is 25.3. The number of hydrogen-bond acceptors (Lipinski definition) is 4. The fourth-order valence-electron chi connectivity index (χ4n) is 2.79. The zero-order valence-corrected chi connectivity index (χ0v) is 16.0. The summed E-state index contributed by atoms with van der Waals surface area (Å²) in [7, 11) is -3.20. The number of aryl methyl sites for hydroxylation is 1. The summed E-state index contributed by atoms with van der Waals surface area (Å²) in [5, 5.41) is 2.76. The molecule has 1 atom stereocenters. The molecule has 3 rings (SSSR count). The Balaban J connectivity index is 0.00000243. The van der Waals surface area contributed by atoms with Crippen LogP contribution in [0.2, 0.25) is 0 Å². The molecule has 1 unspecified atom stereocenters. The number of amides is 1. The molecule has 1 aliphatic rings. The van der Waals surface area contributed by atoms with Crippen molar-refractivity contribution in [3.63, 3.8) is 0 Å². The number of carbonyl (C=O) groups excluding carboxylic acids is 1. The summed E-state index contributed by atoms with van der Waals surface area (Å²) >= 11 is 0. The molecule has 0 spiro atoms. The number of nitrogens with zero attached hydrogens (tertiary/aromatic N) is 1. The van der Waals surface area contributed by atoms with Gasteiger partial charge >= 0.3 is 0 Å². The fraction of sp³-hybridized carbons (Fsp3) is 0.278. The first kappa shape index (κ1) is 20.2. The molecule has 3 N–H and O–H groups in total. The lowest BCUT2D eigenvalue weighted by Gasteiger charge is -2.17. The van der Waals surface area contributed by atoms with E-state index in [2.05, 4.69) is 5.32 Å². The van der Waals surface area contributed by atoms with Gasteiger partial charge in [-0.3, -0.25) is 9.10 Å². The van der Waals surface area contributed by atoms with Crippen LogP contribution in [0.25, 0.3) is 0 Å². The Labute approximate surface area is 159 Å². The van der Waals surface area contributed by atoms with Crippen LogP contribution in [0, 0.1) is 6.92 Å². The quantitative estimate of drug-likeness (QED) is 0.832. The van der Waals surface area contributed by atoms with Crippen molar-refractivity contribution in [2.45, 2.75) is 19.4 Å². The molecule has 1 saturated heterocycles. The predicted molar refractivity (Wildman–Crippen MR) is 106 cm³/mol. The van der Waals surface area contributed by atoms with Crippen molar-refractivity contribution in [1.29, 1.82) is 0 Å². The van der Waals surface area contributed by atoms with E-state index in [-0.39, 0.29) is 24.1 Å². The molecule has 0 aromatic heterocycles. The Morgan fingerprint density at radius 3 is 2.27 bits per heavy atom. The molecule has 140 valence electrons. The fourth-order valence-corrected chi connectivity index (χ4v) is 4.35.